The van der Waals surface area contributed by atoms with E-state index >= 15 is 26.3 Å². The van der Waals surface area contributed by atoms with Gasteiger partial charge < -0.3 is 0 Å². The van der Waals surface area contributed by atoms with Crippen molar-refractivity contribution < 1.29 is 40.4 Å². The van der Waals surface area contributed by atoms with E-state index < -0.39 is 57.7 Å². The van der Waals surface area contributed by atoms with Crippen molar-refractivity contribution in [2.24, 2.45) is 0 Å². The van der Waals surface area contributed by atoms with Gasteiger partial charge in [-0.15, -0.1) is 0 Å². The number of alkyl halides is 6. The third-order valence-electron chi connectivity index (χ3n) is 8.13. The van der Waals surface area contributed by atoms with Crippen molar-refractivity contribution >= 4 is 7.56 Å². The number of H-pyrrole nitrogens is 2. The molecular formula is C37H43AuF6N2. The summed E-state index contributed by atoms with van der Waals surface area (Å²) < 4.78 is 94.7. The summed E-state index contributed by atoms with van der Waals surface area (Å²) in [6.45, 7) is 13.1. The van der Waals surface area contributed by atoms with Gasteiger partial charge in [0.1, 0.15) is 0 Å². The molecule has 4 rings (SSSR count). The number of hydrogen-bond acceptors (Lipinski definition) is 0. The number of imidazole rings is 1. The van der Waals surface area contributed by atoms with Crippen molar-refractivity contribution in [3.63, 3.8) is 0 Å². The SMILES string of the molecule is CC(C)c1cccc(C(C)C)[c]1[Au]([C]#Cc1ccccc1)([c]1c(C(C)C)cccc1C(C)C)(=[c]1[nH]cc[nH]1)([C](F)(F)F)[C](F)(F)F. The monoisotopic (exact) mass is 826 g/mol. The molecule has 0 aliphatic carbocycles. The molecule has 4 aromatic rings. The number of aromatic amines is 2. The fourth-order valence-electron chi connectivity index (χ4n) is 5.85. The predicted octanol–water partition coefficient (Wildman–Crippen LogP) is 10.3. The molecule has 0 saturated heterocycles. The molecule has 0 saturated carbocycles. The molecule has 0 atom stereocenters. The van der Waals surface area contributed by atoms with Gasteiger partial charge in [-0.3, -0.25) is 0 Å². The van der Waals surface area contributed by atoms with Gasteiger partial charge in [0.15, 0.2) is 0 Å². The van der Waals surface area contributed by atoms with E-state index in [2.05, 4.69) is 20.0 Å². The van der Waals surface area contributed by atoms with Crippen LogP contribution in [0.3, 0.4) is 0 Å². The molecule has 0 radical (unpaired) electrons. The molecule has 0 spiro atoms. The van der Waals surface area contributed by atoms with Crippen LogP contribution in [0.25, 0.3) is 0 Å². The topological polar surface area (TPSA) is 31.6 Å². The molecule has 9 heteroatoms. The van der Waals surface area contributed by atoms with Crippen LogP contribution in [-0.2, 0) is 14.0 Å². The predicted molar refractivity (Wildman–Crippen MR) is 172 cm³/mol. The van der Waals surface area contributed by atoms with Crippen LogP contribution in [0.5, 0.6) is 0 Å². The molecular weight excluding hydrogens is 783 g/mol. The second-order valence-corrected chi connectivity index (χ2v) is 26.8. The van der Waals surface area contributed by atoms with Gasteiger partial charge in [0, 0.05) is 0 Å². The fraction of sp³-hybridized carbons (Fsp3) is 0.378. The average molecular weight is 827 g/mol. The summed E-state index contributed by atoms with van der Waals surface area (Å²) in [6, 6.07) is 16.5. The average Bonchev–Trinajstić information content (AvgIpc) is 3.53. The summed E-state index contributed by atoms with van der Waals surface area (Å²) in [4.78, 5) is 5.10. The number of hydrogen-bond donors (Lipinski definition) is 2. The molecule has 3 aromatic carbocycles. The van der Waals surface area contributed by atoms with Crippen LogP contribution in [0.4, 0.5) is 26.3 Å². The van der Waals surface area contributed by atoms with Gasteiger partial charge in [-0.05, 0) is 0 Å². The van der Waals surface area contributed by atoms with E-state index in [0.29, 0.717) is 0 Å². The summed E-state index contributed by atoms with van der Waals surface area (Å²) >= 11 is -9.79. The molecule has 0 aliphatic heterocycles. The normalized spacial score (nSPS) is 14.4. The molecule has 0 unspecified atom stereocenters. The van der Waals surface area contributed by atoms with Crippen LogP contribution in [0.2, 0.25) is 0 Å². The molecule has 0 fully saturated rings. The zero-order valence-electron chi connectivity index (χ0n) is 27.4. The Bertz CT molecular complexity index is 1770. The van der Waals surface area contributed by atoms with Crippen molar-refractivity contribution in [2.45, 2.75) is 87.8 Å². The Kier molecular flexibility index (Phi) is 9.11. The molecule has 1 heterocycles. The van der Waals surface area contributed by atoms with Gasteiger partial charge >= 0.3 is 266 Å². The van der Waals surface area contributed by atoms with Crippen LogP contribution in [-0.4, -0.2) is 18.8 Å². The number of nitrogens with one attached hydrogen (secondary N) is 2. The zero-order chi connectivity index (χ0) is 34.4. The van der Waals surface area contributed by atoms with Gasteiger partial charge in [-0.25, -0.2) is 0 Å². The van der Waals surface area contributed by atoms with Crippen molar-refractivity contribution in [3.8, 4) is 10.1 Å². The second kappa shape index (κ2) is 11.8. The van der Waals surface area contributed by atoms with Crippen molar-refractivity contribution in [1.29, 1.82) is 0 Å². The van der Waals surface area contributed by atoms with Gasteiger partial charge in [0.25, 0.3) is 0 Å². The van der Waals surface area contributed by atoms with Crippen LogP contribution >= 0.6 is 0 Å². The first-order chi connectivity index (χ1) is 21.4. The number of benzene rings is 3. The van der Waals surface area contributed by atoms with Crippen molar-refractivity contribution in [1.82, 2.24) is 9.97 Å². The van der Waals surface area contributed by atoms with Gasteiger partial charge in [-0.2, -0.15) is 0 Å². The number of rotatable bonds is 6. The minimum atomic E-state index is -9.79. The second-order valence-electron chi connectivity index (χ2n) is 12.4. The van der Waals surface area contributed by atoms with E-state index in [-0.39, 0.29) is 27.8 Å². The summed E-state index contributed by atoms with van der Waals surface area (Å²) in [7, 11) is 0. The number of halogens is 6. The molecule has 0 bridgehead atoms. The molecule has 2 N–H and O–H groups in total. The van der Waals surface area contributed by atoms with Gasteiger partial charge in [0.2, 0.25) is 0 Å². The van der Waals surface area contributed by atoms with Crippen LogP contribution in [0.15, 0.2) is 79.1 Å². The van der Waals surface area contributed by atoms with E-state index in [9.17, 15) is 0 Å². The Morgan fingerprint density at radius 3 is 1.17 bits per heavy atom. The Labute approximate surface area is 265 Å². The summed E-state index contributed by atoms with van der Waals surface area (Å²) in [5.41, 5.74) is -0.0600. The van der Waals surface area contributed by atoms with Crippen LogP contribution in [0, 0.1) is 13.7 Å². The first-order valence-electron chi connectivity index (χ1n) is 15.1. The van der Waals surface area contributed by atoms with Gasteiger partial charge in [-0.1, -0.05) is 0 Å². The van der Waals surface area contributed by atoms with Gasteiger partial charge in [0.05, 0.1) is 0 Å². The van der Waals surface area contributed by atoms with E-state index in [1.807, 2.05) is 0 Å². The van der Waals surface area contributed by atoms with E-state index in [1.54, 1.807) is 85.7 Å². The Morgan fingerprint density at radius 2 is 0.870 bits per heavy atom. The summed E-state index contributed by atoms with van der Waals surface area (Å²) in [5.74, 6) is -0.266. The van der Waals surface area contributed by atoms with E-state index in [0.717, 1.165) is 12.4 Å². The molecule has 46 heavy (non-hydrogen) atoms. The Morgan fingerprint density at radius 1 is 0.522 bits per heavy atom. The Hall–Kier alpha value is -3.25. The summed E-state index contributed by atoms with van der Waals surface area (Å²) in [5, 5.41) is 0. The quantitative estimate of drug-likeness (QED) is 0.110. The summed E-state index contributed by atoms with van der Waals surface area (Å²) in [6.07, 6.45) is 2.22. The fourth-order valence-corrected chi connectivity index (χ4v) is 25.7. The van der Waals surface area contributed by atoms with Crippen LogP contribution < -0.4 is 7.56 Å². The maximum absolute atomic E-state index is 17.8. The Balaban J connectivity index is 2.88. The van der Waals surface area contributed by atoms with Crippen molar-refractivity contribution in [3.05, 3.63) is 111 Å². The molecule has 1 aromatic heterocycles. The zero-order valence-corrected chi connectivity index (χ0v) is 29.6. The standard InChI is InChI=1S/2C12H17.C8H5.C3H4N2.2CF3.Au/c2*1-9(2)11-6-5-7-12(8-11)10(3)4;1-2-8-6-4-3-5-7-8;1-2-5-3-4-1;2*2-1(3)4;/h2*5-7,9-10H,1-4H3;3-7H;1-2,4-5H;;;. The third-order valence-corrected chi connectivity index (χ3v) is 27.1. The van der Waals surface area contributed by atoms with E-state index in [4.69, 9.17) is 0 Å². The molecule has 0 aliphatic rings. The molecule has 0 amide bonds. The minimum absolute atomic E-state index is 0.0277. The number of aromatic nitrogens is 2. The van der Waals surface area contributed by atoms with Crippen LogP contribution in [0.1, 0.15) is 107 Å². The van der Waals surface area contributed by atoms with Crippen molar-refractivity contribution in [2.75, 3.05) is 0 Å². The third kappa shape index (κ3) is 4.20. The molecule has 2 nitrogen and oxygen atoms in total. The first kappa shape index (κ1) is 35.6. The maximum atomic E-state index is 17.8. The first-order valence-corrected chi connectivity index (χ1v) is 21.6. The van der Waals surface area contributed by atoms with E-state index in [1.165, 1.54) is 36.4 Å². The molecule has 254 valence electrons.